The number of aromatic nitrogens is 3. The molecule has 11 heteroatoms. The van der Waals surface area contributed by atoms with Gasteiger partial charge in [-0.3, -0.25) is 14.9 Å². The molecule has 0 radical (unpaired) electrons. The van der Waals surface area contributed by atoms with E-state index in [-0.39, 0.29) is 17.4 Å². The third-order valence-electron chi connectivity index (χ3n) is 7.85. The van der Waals surface area contributed by atoms with Gasteiger partial charge >= 0.3 is 0 Å². The van der Waals surface area contributed by atoms with Gasteiger partial charge in [-0.2, -0.15) is 0 Å². The van der Waals surface area contributed by atoms with Crippen LogP contribution in [-0.2, 0) is 4.79 Å². The minimum Gasteiger partial charge on any atom is -0.438 e. The number of ether oxygens (including phenoxy) is 1. The van der Waals surface area contributed by atoms with Crippen LogP contribution in [0.3, 0.4) is 0 Å². The summed E-state index contributed by atoms with van der Waals surface area (Å²) in [6.07, 6.45) is 1.87. The van der Waals surface area contributed by atoms with Crippen molar-refractivity contribution in [3.05, 3.63) is 77.1 Å². The second-order valence-corrected chi connectivity index (χ2v) is 12.3. The van der Waals surface area contributed by atoms with Crippen LogP contribution in [0, 0.1) is 11.2 Å². The number of amides is 2. The quantitative estimate of drug-likeness (QED) is 0.298. The summed E-state index contributed by atoms with van der Waals surface area (Å²) in [5.74, 6) is -0.535. The average Bonchev–Trinajstić information content (AvgIpc) is 3.68. The Balaban J connectivity index is 1.33. The molecular formula is C31H31FN6O3S. The molecule has 2 aromatic carbocycles. The van der Waals surface area contributed by atoms with E-state index in [1.807, 2.05) is 63.2 Å². The molecule has 4 heterocycles. The van der Waals surface area contributed by atoms with Crippen molar-refractivity contribution in [3.8, 4) is 22.9 Å². The number of benzene rings is 2. The molecule has 1 saturated heterocycles. The smallest absolute Gasteiger partial charge is 0.256 e. The van der Waals surface area contributed by atoms with Gasteiger partial charge in [-0.05, 0) is 37.1 Å². The first-order valence-electron chi connectivity index (χ1n) is 13.8. The fourth-order valence-electron chi connectivity index (χ4n) is 5.55. The summed E-state index contributed by atoms with van der Waals surface area (Å²) in [5.41, 5.74) is 1.75. The van der Waals surface area contributed by atoms with Crippen molar-refractivity contribution in [1.82, 2.24) is 20.1 Å². The molecule has 0 aliphatic carbocycles. The standard InChI is InChI=1S/C31H31FN6O3S/c1-31(2,28(40)34-29-35-36-30(42-29)37(3)4)25-20-9-5-6-10-24(20)41-26-21(25)13-14-23(33-26)18-11-12-19(22(32)17-18)27(39)38-15-7-8-16-38/h5-6,9-14,17,25H,7-8,15-16H2,1-4H3,(H,34,35,40)/t25-/m0/s1. The summed E-state index contributed by atoms with van der Waals surface area (Å²) in [7, 11) is 3.73. The summed E-state index contributed by atoms with van der Waals surface area (Å²) in [6.45, 7) is 5.07. The van der Waals surface area contributed by atoms with Gasteiger partial charge in [-0.1, -0.05) is 55.5 Å². The number of fused-ring (bicyclic) bond motifs is 2. The summed E-state index contributed by atoms with van der Waals surface area (Å²) >= 11 is 1.29. The van der Waals surface area contributed by atoms with Crippen LogP contribution in [0.5, 0.6) is 11.6 Å². The Bertz CT molecular complexity index is 1680. The molecule has 2 aliphatic rings. The van der Waals surface area contributed by atoms with Crippen LogP contribution < -0.4 is 15.0 Å². The number of para-hydroxylation sites is 1. The van der Waals surface area contributed by atoms with Crippen LogP contribution >= 0.6 is 11.3 Å². The number of nitrogens with one attached hydrogen (secondary N) is 1. The van der Waals surface area contributed by atoms with Gasteiger partial charge in [0.05, 0.1) is 16.7 Å². The fourth-order valence-corrected chi connectivity index (χ4v) is 6.21. The Labute approximate surface area is 247 Å². The van der Waals surface area contributed by atoms with E-state index in [0.717, 1.165) is 24.0 Å². The number of pyridine rings is 1. The number of carbonyl (C=O) groups excluding carboxylic acids is 2. The van der Waals surface area contributed by atoms with Crippen LogP contribution in [0.1, 0.15) is 54.1 Å². The molecule has 2 aliphatic heterocycles. The highest BCUT2D eigenvalue weighted by molar-refractivity contribution is 7.19. The highest BCUT2D eigenvalue weighted by Crippen LogP contribution is 2.52. The first kappa shape index (κ1) is 27.8. The molecule has 216 valence electrons. The van der Waals surface area contributed by atoms with E-state index >= 15 is 4.39 Å². The van der Waals surface area contributed by atoms with Crippen LogP contribution in [0.25, 0.3) is 11.3 Å². The largest absolute Gasteiger partial charge is 0.438 e. The van der Waals surface area contributed by atoms with Gasteiger partial charge in [0.1, 0.15) is 11.6 Å². The monoisotopic (exact) mass is 586 g/mol. The lowest BCUT2D eigenvalue weighted by Gasteiger charge is -2.37. The molecule has 2 amide bonds. The Morgan fingerprint density at radius 2 is 1.81 bits per heavy atom. The Kier molecular flexibility index (Phi) is 7.14. The Morgan fingerprint density at radius 3 is 2.52 bits per heavy atom. The number of halogens is 1. The lowest BCUT2D eigenvalue weighted by molar-refractivity contribution is -0.124. The van der Waals surface area contributed by atoms with Gasteiger partial charge in [0.15, 0.2) is 0 Å². The molecule has 0 spiro atoms. The van der Waals surface area contributed by atoms with E-state index in [0.29, 0.717) is 46.2 Å². The second kappa shape index (κ2) is 10.8. The van der Waals surface area contributed by atoms with Crippen molar-refractivity contribution in [2.45, 2.75) is 32.6 Å². The molecule has 0 saturated carbocycles. The second-order valence-electron chi connectivity index (χ2n) is 11.3. The zero-order chi connectivity index (χ0) is 29.6. The average molecular weight is 587 g/mol. The highest BCUT2D eigenvalue weighted by Gasteiger charge is 2.44. The summed E-state index contributed by atoms with van der Waals surface area (Å²) in [5, 5.41) is 12.3. The maximum absolute atomic E-state index is 15.1. The molecule has 1 N–H and O–H groups in total. The molecule has 1 fully saturated rings. The SMILES string of the molecule is CN(C)c1nnc(NC(=O)C(C)(C)[C@H]2c3ccccc3Oc3nc(-c4ccc(C(=O)N5CCCC5)c(F)c4)ccc32)s1. The van der Waals surface area contributed by atoms with Crippen molar-refractivity contribution >= 4 is 33.4 Å². The van der Waals surface area contributed by atoms with Gasteiger partial charge in [0.2, 0.25) is 22.1 Å². The van der Waals surface area contributed by atoms with Gasteiger partial charge in [-0.15, -0.1) is 10.2 Å². The number of hydrogen-bond donors (Lipinski definition) is 1. The van der Waals surface area contributed by atoms with Crippen molar-refractivity contribution < 1.29 is 18.7 Å². The van der Waals surface area contributed by atoms with E-state index < -0.39 is 17.2 Å². The number of likely N-dealkylation sites (tertiary alicyclic amines) is 1. The van der Waals surface area contributed by atoms with Gasteiger partial charge in [-0.25, -0.2) is 9.37 Å². The van der Waals surface area contributed by atoms with Crippen molar-refractivity contribution in [3.63, 3.8) is 0 Å². The van der Waals surface area contributed by atoms with Crippen LogP contribution in [0.15, 0.2) is 54.6 Å². The third kappa shape index (κ3) is 4.98. The van der Waals surface area contributed by atoms with Crippen LogP contribution in [0.2, 0.25) is 0 Å². The van der Waals surface area contributed by atoms with Gasteiger partial charge in [0.25, 0.3) is 5.91 Å². The van der Waals surface area contributed by atoms with Crippen molar-refractivity contribution in [2.75, 3.05) is 37.4 Å². The molecule has 2 aromatic heterocycles. The van der Waals surface area contributed by atoms with E-state index in [1.165, 1.54) is 23.5 Å². The minimum atomic E-state index is -0.939. The van der Waals surface area contributed by atoms with Crippen molar-refractivity contribution in [1.29, 1.82) is 0 Å². The van der Waals surface area contributed by atoms with Crippen LogP contribution in [-0.4, -0.2) is 59.1 Å². The Morgan fingerprint density at radius 1 is 1.05 bits per heavy atom. The molecule has 1 atom stereocenters. The predicted molar refractivity (Wildman–Crippen MR) is 160 cm³/mol. The zero-order valence-electron chi connectivity index (χ0n) is 23.8. The number of nitrogens with zero attached hydrogens (tertiary/aromatic N) is 5. The number of anilines is 2. The van der Waals surface area contributed by atoms with E-state index in [1.54, 1.807) is 17.0 Å². The molecule has 0 bridgehead atoms. The summed E-state index contributed by atoms with van der Waals surface area (Å²) < 4.78 is 21.4. The number of carbonyl (C=O) groups is 2. The maximum Gasteiger partial charge on any atom is 0.256 e. The predicted octanol–water partition coefficient (Wildman–Crippen LogP) is 5.94. The fraction of sp³-hybridized carbons (Fsp3) is 0.323. The van der Waals surface area contributed by atoms with E-state index in [2.05, 4.69) is 15.5 Å². The lowest BCUT2D eigenvalue weighted by atomic mass is 9.69. The molecular weight excluding hydrogens is 555 g/mol. The normalized spacial score (nSPS) is 15.9. The first-order chi connectivity index (χ1) is 20.1. The third-order valence-corrected chi connectivity index (χ3v) is 8.86. The zero-order valence-corrected chi connectivity index (χ0v) is 24.7. The molecule has 0 unspecified atom stereocenters. The first-order valence-corrected chi connectivity index (χ1v) is 14.6. The molecule has 6 rings (SSSR count). The van der Waals surface area contributed by atoms with Gasteiger partial charge < -0.3 is 14.5 Å². The topological polar surface area (TPSA) is 101 Å². The summed E-state index contributed by atoms with van der Waals surface area (Å²) in [4.78, 5) is 34.8. The Hall–Kier alpha value is -4.38. The molecule has 9 nitrogen and oxygen atoms in total. The molecule has 42 heavy (non-hydrogen) atoms. The van der Waals surface area contributed by atoms with E-state index in [4.69, 9.17) is 9.72 Å². The van der Waals surface area contributed by atoms with Crippen molar-refractivity contribution in [2.24, 2.45) is 5.41 Å². The highest BCUT2D eigenvalue weighted by atomic mass is 32.1. The maximum atomic E-state index is 15.1. The van der Waals surface area contributed by atoms with E-state index in [9.17, 15) is 9.59 Å². The lowest BCUT2D eigenvalue weighted by Crippen LogP contribution is -2.38. The van der Waals surface area contributed by atoms with Gasteiger partial charge in [0, 0.05) is 49.8 Å². The number of hydrogen-bond acceptors (Lipinski definition) is 8. The number of rotatable bonds is 6. The van der Waals surface area contributed by atoms with Crippen LogP contribution in [0.4, 0.5) is 14.7 Å². The summed E-state index contributed by atoms with van der Waals surface area (Å²) in [6, 6.07) is 15.8. The molecule has 4 aromatic rings. The minimum absolute atomic E-state index is 0.0600.